The van der Waals surface area contributed by atoms with E-state index in [0.717, 1.165) is 6.07 Å². The van der Waals surface area contributed by atoms with Crippen LogP contribution in [0.5, 0.6) is 0 Å². The molecule has 0 fully saturated rings. The maximum absolute atomic E-state index is 13.2. The van der Waals surface area contributed by atoms with Crippen molar-refractivity contribution in [2.45, 2.75) is 5.38 Å². The fourth-order valence-electron chi connectivity index (χ4n) is 0.975. The second-order valence-electron chi connectivity index (χ2n) is 2.64. The zero-order valence-electron chi connectivity index (χ0n) is 7.35. The van der Waals surface area contributed by atoms with E-state index in [1.165, 1.54) is 19.2 Å². The maximum Gasteiger partial charge on any atom is 0.242 e. The largest absolute Gasteiger partial charge is 0.358 e. The molecule has 1 rings (SSSR count). The number of amides is 1. The lowest BCUT2D eigenvalue weighted by molar-refractivity contribution is -0.120. The number of carbonyl (C=O) groups is 1. The van der Waals surface area contributed by atoms with Gasteiger partial charge in [0.25, 0.3) is 0 Å². The van der Waals surface area contributed by atoms with Gasteiger partial charge < -0.3 is 5.32 Å². The molecule has 0 aliphatic rings. The SMILES string of the molecule is CNC(=O)C(Cl)c1ccc(Cl)cc1F. The van der Waals surface area contributed by atoms with E-state index in [0.29, 0.717) is 0 Å². The van der Waals surface area contributed by atoms with Crippen molar-refractivity contribution >= 4 is 29.1 Å². The van der Waals surface area contributed by atoms with Crippen molar-refractivity contribution in [3.63, 3.8) is 0 Å². The minimum absolute atomic E-state index is 0.121. The van der Waals surface area contributed by atoms with E-state index in [2.05, 4.69) is 5.32 Å². The van der Waals surface area contributed by atoms with Crippen LogP contribution in [0.4, 0.5) is 4.39 Å². The summed E-state index contributed by atoms with van der Waals surface area (Å²) in [5.74, 6) is -1.03. The van der Waals surface area contributed by atoms with Gasteiger partial charge in [0.15, 0.2) is 0 Å². The highest BCUT2D eigenvalue weighted by atomic mass is 35.5. The first-order chi connectivity index (χ1) is 6.56. The van der Waals surface area contributed by atoms with Crippen LogP contribution in [0.2, 0.25) is 5.02 Å². The number of rotatable bonds is 2. The van der Waals surface area contributed by atoms with E-state index >= 15 is 0 Å². The molecule has 0 heterocycles. The molecule has 1 aromatic rings. The van der Waals surface area contributed by atoms with Crippen LogP contribution in [0, 0.1) is 5.82 Å². The summed E-state index contributed by atoms with van der Waals surface area (Å²) in [6.45, 7) is 0. The Balaban J connectivity index is 3.01. The van der Waals surface area contributed by atoms with E-state index in [1.54, 1.807) is 0 Å². The zero-order chi connectivity index (χ0) is 10.7. The highest BCUT2D eigenvalue weighted by Gasteiger charge is 2.19. The molecule has 0 aliphatic heterocycles. The number of nitrogens with one attached hydrogen (secondary N) is 1. The number of hydrogen-bond donors (Lipinski definition) is 1. The van der Waals surface area contributed by atoms with Gasteiger partial charge in [-0.1, -0.05) is 17.7 Å². The van der Waals surface area contributed by atoms with Gasteiger partial charge in [-0.2, -0.15) is 0 Å². The molecule has 0 saturated carbocycles. The molecule has 1 atom stereocenters. The van der Waals surface area contributed by atoms with Gasteiger partial charge in [0, 0.05) is 17.6 Å². The summed E-state index contributed by atoms with van der Waals surface area (Å²) >= 11 is 11.3. The van der Waals surface area contributed by atoms with Crippen molar-refractivity contribution < 1.29 is 9.18 Å². The van der Waals surface area contributed by atoms with Crippen LogP contribution in [-0.2, 0) is 4.79 Å². The lowest BCUT2D eigenvalue weighted by atomic mass is 10.1. The first kappa shape index (κ1) is 11.3. The third-order valence-corrected chi connectivity index (χ3v) is 2.38. The van der Waals surface area contributed by atoms with E-state index < -0.39 is 17.1 Å². The molecule has 2 nitrogen and oxygen atoms in total. The standard InChI is InChI=1S/C9H8Cl2FNO/c1-13-9(14)8(11)6-3-2-5(10)4-7(6)12/h2-4,8H,1H3,(H,13,14). The summed E-state index contributed by atoms with van der Waals surface area (Å²) in [6.07, 6.45) is 0. The lowest BCUT2D eigenvalue weighted by Crippen LogP contribution is -2.23. The summed E-state index contributed by atoms with van der Waals surface area (Å²) in [5.41, 5.74) is 0.121. The second-order valence-corrected chi connectivity index (χ2v) is 3.52. The normalized spacial score (nSPS) is 12.3. The zero-order valence-corrected chi connectivity index (χ0v) is 8.86. The number of alkyl halides is 1. The van der Waals surface area contributed by atoms with Crippen LogP contribution in [-0.4, -0.2) is 13.0 Å². The Morgan fingerprint density at radius 3 is 2.71 bits per heavy atom. The molecule has 0 aromatic heterocycles. The van der Waals surface area contributed by atoms with Gasteiger partial charge in [-0.15, -0.1) is 11.6 Å². The summed E-state index contributed by atoms with van der Waals surface area (Å²) in [5, 5.41) is 1.57. The smallest absolute Gasteiger partial charge is 0.242 e. The first-order valence-electron chi connectivity index (χ1n) is 3.87. The van der Waals surface area contributed by atoms with Crippen molar-refractivity contribution in [3.8, 4) is 0 Å². The summed E-state index contributed by atoms with van der Waals surface area (Å²) < 4.78 is 13.2. The molecule has 1 N–H and O–H groups in total. The van der Waals surface area contributed by atoms with Crippen molar-refractivity contribution in [2.24, 2.45) is 0 Å². The molecule has 0 saturated heterocycles. The molecule has 76 valence electrons. The Kier molecular flexibility index (Phi) is 3.72. The average Bonchev–Trinajstić information content (AvgIpc) is 2.15. The van der Waals surface area contributed by atoms with Gasteiger partial charge in [0.05, 0.1) is 0 Å². The summed E-state index contributed by atoms with van der Waals surface area (Å²) in [6, 6.07) is 4.00. The quantitative estimate of drug-likeness (QED) is 0.785. The minimum Gasteiger partial charge on any atom is -0.358 e. The van der Waals surface area contributed by atoms with Crippen LogP contribution in [0.15, 0.2) is 18.2 Å². The molecule has 0 radical (unpaired) electrons. The highest BCUT2D eigenvalue weighted by molar-refractivity contribution is 6.31. The number of hydrogen-bond acceptors (Lipinski definition) is 1. The highest BCUT2D eigenvalue weighted by Crippen LogP contribution is 2.25. The number of likely N-dealkylation sites (N-methyl/N-ethyl adjacent to an activating group) is 1. The molecule has 1 amide bonds. The number of halogens is 3. The Hall–Kier alpha value is -0.800. The Bertz CT molecular complexity index is 357. The van der Waals surface area contributed by atoms with Crippen molar-refractivity contribution in [2.75, 3.05) is 7.05 Å². The molecule has 5 heteroatoms. The molecule has 0 spiro atoms. The van der Waals surface area contributed by atoms with Crippen molar-refractivity contribution in [3.05, 3.63) is 34.6 Å². The Morgan fingerprint density at radius 2 is 2.21 bits per heavy atom. The molecule has 14 heavy (non-hydrogen) atoms. The van der Waals surface area contributed by atoms with Crippen LogP contribution < -0.4 is 5.32 Å². The van der Waals surface area contributed by atoms with Gasteiger partial charge in [0.2, 0.25) is 5.91 Å². The third-order valence-electron chi connectivity index (χ3n) is 1.71. The lowest BCUT2D eigenvalue weighted by Gasteiger charge is -2.09. The molecule has 1 aromatic carbocycles. The molecule has 0 bridgehead atoms. The van der Waals surface area contributed by atoms with E-state index in [4.69, 9.17) is 23.2 Å². The molecule has 0 aliphatic carbocycles. The second kappa shape index (κ2) is 4.62. The number of benzene rings is 1. The van der Waals surface area contributed by atoms with Gasteiger partial charge in [-0.25, -0.2) is 4.39 Å². The monoisotopic (exact) mass is 235 g/mol. The molecular formula is C9H8Cl2FNO. The predicted molar refractivity (Wildman–Crippen MR) is 54.1 cm³/mol. The third kappa shape index (κ3) is 2.36. The fraction of sp³-hybridized carbons (Fsp3) is 0.222. The average molecular weight is 236 g/mol. The van der Waals surface area contributed by atoms with Crippen molar-refractivity contribution in [1.82, 2.24) is 5.32 Å². The first-order valence-corrected chi connectivity index (χ1v) is 4.68. The van der Waals surface area contributed by atoms with Gasteiger partial charge in [-0.3, -0.25) is 4.79 Å². The topological polar surface area (TPSA) is 29.1 Å². The summed E-state index contributed by atoms with van der Waals surface area (Å²) in [4.78, 5) is 11.1. The maximum atomic E-state index is 13.2. The van der Waals surface area contributed by atoms with E-state index in [1.807, 2.05) is 0 Å². The minimum atomic E-state index is -1.03. The molecule has 1 unspecified atom stereocenters. The predicted octanol–water partition coefficient (Wildman–Crippen LogP) is 2.51. The fourth-order valence-corrected chi connectivity index (χ4v) is 1.42. The van der Waals surface area contributed by atoms with Crippen LogP contribution in [0.1, 0.15) is 10.9 Å². The van der Waals surface area contributed by atoms with Crippen LogP contribution >= 0.6 is 23.2 Å². The number of carbonyl (C=O) groups excluding carboxylic acids is 1. The van der Waals surface area contributed by atoms with Gasteiger partial charge in [-0.05, 0) is 12.1 Å². The Morgan fingerprint density at radius 1 is 1.57 bits per heavy atom. The van der Waals surface area contributed by atoms with Gasteiger partial charge >= 0.3 is 0 Å². The molecular weight excluding hydrogens is 228 g/mol. The van der Waals surface area contributed by atoms with E-state index in [-0.39, 0.29) is 10.6 Å². The Labute approximate surface area is 91.0 Å². The van der Waals surface area contributed by atoms with Gasteiger partial charge in [0.1, 0.15) is 11.2 Å². The van der Waals surface area contributed by atoms with Crippen LogP contribution in [0.3, 0.4) is 0 Å². The van der Waals surface area contributed by atoms with E-state index in [9.17, 15) is 9.18 Å². The van der Waals surface area contributed by atoms with Crippen molar-refractivity contribution in [1.29, 1.82) is 0 Å². The summed E-state index contributed by atoms with van der Waals surface area (Å²) in [7, 11) is 1.44. The van der Waals surface area contributed by atoms with Crippen LogP contribution in [0.25, 0.3) is 0 Å².